The minimum Gasteiger partial charge on any atom is -0.355 e. The summed E-state index contributed by atoms with van der Waals surface area (Å²) in [5.41, 5.74) is 2.24. The summed E-state index contributed by atoms with van der Waals surface area (Å²) in [6.45, 7) is 0. The Bertz CT molecular complexity index is 1040. The molecule has 1 amide bonds. The fourth-order valence-corrected chi connectivity index (χ4v) is 2.70. The number of hydrogen-bond donors (Lipinski definition) is 1. The first kappa shape index (κ1) is 16.1. The molecule has 1 N–H and O–H groups in total. The van der Waals surface area contributed by atoms with Gasteiger partial charge in [0, 0.05) is 29.0 Å². The van der Waals surface area contributed by atoms with Gasteiger partial charge < -0.3 is 9.84 Å². The highest BCUT2D eigenvalue weighted by Crippen LogP contribution is 2.25. The lowest BCUT2D eigenvalue weighted by molar-refractivity contribution is 0.101. The smallest absolute Gasteiger partial charge is 0.277 e. The predicted molar refractivity (Wildman–Crippen MR) is 98.5 cm³/mol. The summed E-state index contributed by atoms with van der Waals surface area (Å²) in [5, 5.41) is 11.4. The number of nitrogens with zero attached hydrogens (tertiary/aromatic N) is 3. The Balaban J connectivity index is 1.61. The van der Waals surface area contributed by atoms with Crippen molar-refractivity contribution in [1.29, 1.82) is 0 Å². The molecule has 0 fully saturated rings. The highest BCUT2D eigenvalue weighted by molar-refractivity contribution is 6.31. The number of nitrogens with one attached hydrogen (secondary N) is 1. The van der Waals surface area contributed by atoms with E-state index in [1.54, 1.807) is 47.4 Å². The van der Waals surface area contributed by atoms with Gasteiger partial charge in [-0.1, -0.05) is 47.1 Å². The van der Waals surface area contributed by atoms with Gasteiger partial charge in [0.05, 0.1) is 11.4 Å². The minimum absolute atomic E-state index is 0.176. The summed E-state index contributed by atoms with van der Waals surface area (Å²) in [5.74, 6) is 0.126. The maximum atomic E-state index is 12.6. The molecule has 7 heteroatoms. The van der Waals surface area contributed by atoms with Crippen molar-refractivity contribution >= 4 is 23.2 Å². The lowest BCUT2D eigenvalue weighted by Gasteiger charge is -2.10. The molecular weight excluding hydrogens is 352 g/mol. The van der Waals surface area contributed by atoms with Crippen LogP contribution in [0.5, 0.6) is 0 Å². The molecule has 2 heterocycles. The second-order valence-corrected chi connectivity index (χ2v) is 5.95. The first-order chi connectivity index (χ1) is 12.7. The van der Waals surface area contributed by atoms with Crippen LogP contribution >= 0.6 is 11.6 Å². The zero-order valence-corrected chi connectivity index (χ0v) is 14.2. The van der Waals surface area contributed by atoms with Gasteiger partial charge in [-0.3, -0.25) is 4.79 Å². The molecule has 26 heavy (non-hydrogen) atoms. The molecule has 0 atom stereocenters. The van der Waals surface area contributed by atoms with Crippen LogP contribution in [0.2, 0.25) is 5.02 Å². The third-order valence-electron chi connectivity index (χ3n) is 3.76. The van der Waals surface area contributed by atoms with Gasteiger partial charge >= 0.3 is 0 Å². The number of carbonyl (C=O) groups excluding carboxylic acids is 1. The van der Waals surface area contributed by atoms with Gasteiger partial charge in [0.2, 0.25) is 0 Å². The molecule has 0 spiro atoms. The van der Waals surface area contributed by atoms with Crippen LogP contribution in [0.15, 0.2) is 77.6 Å². The van der Waals surface area contributed by atoms with Gasteiger partial charge in [-0.25, -0.2) is 4.68 Å². The van der Waals surface area contributed by atoms with E-state index in [1.165, 1.54) is 0 Å². The summed E-state index contributed by atoms with van der Waals surface area (Å²) < 4.78 is 6.92. The molecule has 6 nitrogen and oxygen atoms in total. The fourth-order valence-electron chi connectivity index (χ4n) is 2.53. The summed E-state index contributed by atoms with van der Waals surface area (Å²) >= 11 is 6.08. The lowest BCUT2D eigenvalue weighted by Crippen LogP contribution is -2.14. The van der Waals surface area contributed by atoms with Crippen LogP contribution in [0.4, 0.5) is 5.69 Å². The molecule has 0 saturated heterocycles. The van der Waals surface area contributed by atoms with Crippen molar-refractivity contribution in [3.8, 4) is 17.0 Å². The molecule has 0 saturated carbocycles. The number of carbonyl (C=O) groups is 1. The van der Waals surface area contributed by atoms with Crippen molar-refractivity contribution < 1.29 is 9.32 Å². The number of benzene rings is 2. The van der Waals surface area contributed by atoms with Crippen molar-refractivity contribution in [3.05, 3.63) is 83.8 Å². The van der Waals surface area contributed by atoms with E-state index in [0.717, 1.165) is 5.56 Å². The SMILES string of the molecule is O=C(Nc1cc(Cl)ccc1-n1cccn1)c1cc(-c2ccccc2)on1. The van der Waals surface area contributed by atoms with Gasteiger partial charge in [0.1, 0.15) is 0 Å². The quantitative estimate of drug-likeness (QED) is 0.581. The molecule has 128 valence electrons. The lowest BCUT2D eigenvalue weighted by atomic mass is 10.1. The zero-order chi connectivity index (χ0) is 17.9. The maximum absolute atomic E-state index is 12.6. The van der Waals surface area contributed by atoms with E-state index in [2.05, 4.69) is 15.6 Å². The van der Waals surface area contributed by atoms with Crippen LogP contribution < -0.4 is 5.32 Å². The monoisotopic (exact) mass is 364 g/mol. The van der Waals surface area contributed by atoms with Crippen molar-refractivity contribution in [1.82, 2.24) is 14.9 Å². The first-order valence-electron chi connectivity index (χ1n) is 7.84. The van der Waals surface area contributed by atoms with E-state index in [0.29, 0.717) is 22.2 Å². The van der Waals surface area contributed by atoms with Crippen LogP contribution in [0.3, 0.4) is 0 Å². The minimum atomic E-state index is -0.397. The Labute approximate surface area is 154 Å². The summed E-state index contributed by atoms with van der Waals surface area (Å²) in [4.78, 5) is 12.6. The molecule has 2 aromatic carbocycles. The van der Waals surface area contributed by atoms with E-state index in [1.807, 2.05) is 30.3 Å². The van der Waals surface area contributed by atoms with E-state index < -0.39 is 5.91 Å². The van der Waals surface area contributed by atoms with Gasteiger partial charge in [0.15, 0.2) is 11.5 Å². The molecule has 0 bridgehead atoms. The average Bonchev–Trinajstić information content (AvgIpc) is 3.35. The molecule has 0 aliphatic rings. The highest BCUT2D eigenvalue weighted by atomic mass is 35.5. The molecule has 0 aliphatic carbocycles. The van der Waals surface area contributed by atoms with Crippen molar-refractivity contribution in [3.63, 3.8) is 0 Å². The second-order valence-electron chi connectivity index (χ2n) is 5.51. The third kappa shape index (κ3) is 3.22. The topological polar surface area (TPSA) is 73.0 Å². The predicted octanol–water partition coefficient (Wildman–Crippen LogP) is 4.43. The van der Waals surface area contributed by atoms with E-state index in [4.69, 9.17) is 16.1 Å². The Kier molecular flexibility index (Phi) is 4.25. The fraction of sp³-hybridized carbons (Fsp3) is 0. The Morgan fingerprint density at radius 1 is 1.08 bits per heavy atom. The van der Waals surface area contributed by atoms with Gasteiger partial charge in [-0.2, -0.15) is 5.10 Å². The van der Waals surface area contributed by atoms with Crippen LogP contribution in [0, 0.1) is 0 Å². The van der Waals surface area contributed by atoms with Crippen molar-refractivity contribution in [2.45, 2.75) is 0 Å². The van der Waals surface area contributed by atoms with E-state index in [-0.39, 0.29) is 5.69 Å². The standard InChI is InChI=1S/C19H13ClN4O2/c20-14-7-8-17(24-10-4-9-21-24)15(11-14)22-19(25)16-12-18(26-23-16)13-5-2-1-3-6-13/h1-12H,(H,22,25). The second kappa shape index (κ2) is 6.85. The number of anilines is 1. The maximum Gasteiger partial charge on any atom is 0.277 e. The largest absolute Gasteiger partial charge is 0.355 e. The molecule has 0 radical (unpaired) electrons. The number of halogens is 1. The normalized spacial score (nSPS) is 10.7. The molecular formula is C19H13ClN4O2. The zero-order valence-electron chi connectivity index (χ0n) is 13.5. The van der Waals surface area contributed by atoms with Gasteiger partial charge in [-0.15, -0.1) is 0 Å². The molecule has 0 aliphatic heterocycles. The summed E-state index contributed by atoms with van der Waals surface area (Å²) in [7, 11) is 0. The molecule has 4 rings (SSSR count). The number of hydrogen-bond acceptors (Lipinski definition) is 4. The summed E-state index contributed by atoms with van der Waals surface area (Å²) in [6, 6.07) is 18.0. The van der Waals surface area contributed by atoms with Gasteiger partial charge in [0.25, 0.3) is 5.91 Å². The highest BCUT2D eigenvalue weighted by Gasteiger charge is 2.16. The number of aromatic nitrogens is 3. The van der Waals surface area contributed by atoms with Crippen molar-refractivity contribution in [2.75, 3.05) is 5.32 Å². The number of amides is 1. The average molecular weight is 365 g/mol. The van der Waals surface area contributed by atoms with Crippen LogP contribution in [-0.2, 0) is 0 Å². The Morgan fingerprint density at radius 3 is 2.69 bits per heavy atom. The van der Waals surface area contributed by atoms with Gasteiger partial charge in [-0.05, 0) is 24.3 Å². The van der Waals surface area contributed by atoms with Crippen LogP contribution in [0.25, 0.3) is 17.0 Å². The van der Waals surface area contributed by atoms with Crippen LogP contribution in [0.1, 0.15) is 10.5 Å². The van der Waals surface area contributed by atoms with Crippen LogP contribution in [-0.4, -0.2) is 20.8 Å². The van der Waals surface area contributed by atoms with E-state index in [9.17, 15) is 4.79 Å². The number of rotatable bonds is 4. The first-order valence-corrected chi connectivity index (χ1v) is 8.21. The Morgan fingerprint density at radius 2 is 1.92 bits per heavy atom. The molecule has 0 unspecified atom stereocenters. The summed E-state index contributed by atoms with van der Waals surface area (Å²) in [6.07, 6.45) is 3.44. The van der Waals surface area contributed by atoms with E-state index >= 15 is 0 Å². The van der Waals surface area contributed by atoms with Crippen molar-refractivity contribution in [2.24, 2.45) is 0 Å². The third-order valence-corrected chi connectivity index (χ3v) is 3.99. The molecule has 4 aromatic rings. The molecule has 2 aromatic heterocycles. The Hall–Kier alpha value is -3.38.